The summed E-state index contributed by atoms with van der Waals surface area (Å²) in [7, 11) is 2.50. The molecule has 0 saturated heterocycles. The van der Waals surface area contributed by atoms with E-state index in [9.17, 15) is 9.59 Å². The molecule has 2 N–H and O–H groups in total. The quantitative estimate of drug-likeness (QED) is 0.803. The summed E-state index contributed by atoms with van der Waals surface area (Å²) < 4.78 is 9.03. The Bertz CT molecular complexity index is 416. The van der Waals surface area contributed by atoms with Crippen molar-refractivity contribution in [3.63, 3.8) is 0 Å². The van der Waals surface area contributed by atoms with E-state index in [4.69, 9.17) is 0 Å². The van der Waals surface area contributed by atoms with Crippen molar-refractivity contribution < 1.29 is 19.1 Å². The van der Waals surface area contributed by atoms with Crippen LogP contribution in [0.4, 0.5) is 9.59 Å². The van der Waals surface area contributed by atoms with Gasteiger partial charge in [-0.2, -0.15) is 0 Å². The third-order valence-electron chi connectivity index (χ3n) is 2.39. The first-order valence-corrected chi connectivity index (χ1v) is 5.33. The molecule has 0 atom stereocenters. The molecule has 2 amide bonds. The number of benzene rings is 1. The van der Waals surface area contributed by atoms with Gasteiger partial charge in [-0.3, -0.25) is 10.6 Å². The first-order valence-electron chi connectivity index (χ1n) is 5.33. The molecule has 6 heteroatoms. The van der Waals surface area contributed by atoms with Crippen LogP contribution >= 0.6 is 0 Å². The van der Waals surface area contributed by atoms with Gasteiger partial charge < -0.3 is 9.47 Å². The molecule has 6 nitrogen and oxygen atoms in total. The molecule has 1 aromatic rings. The van der Waals surface area contributed by atoms with E-state index >= 15 is 0 Å². The van der Waals surface area contributed by atoms with Crippen molar-refractivity contribution in [1.29, 1.82) is 0 Å². The maximum Gasteiger partial charge on any atom is 0.408 e. The fourth-order valence-electron chi connectivity index (χ4n) is 1.46. The van der Waals surface area contributed by atoms with Crippen molar-refractivity contribution in [1.82, 2.24) is 10.6 Å². The van der Waals surface area contributed by atoms with Crippen LogP contribution in [0.1, 0.15) is 17.3 Å². The van der Waals surface area contributed by atoms with Gasteiger partial charge >= 0.3 is 12.2 Å². The Morgan fingerprint density at radius 3 is 2.00 bits per heavy atom. The zero-order valence-corrected chi connectivity index (χ0v) is 10.5. The first kappa shape index (κ1) is 13.8. The Morgan fingerprint density at radius 1 is 1.06 bits per heavy atom. The van der Waals surface area contributed by atoms with Crippen molar-refractivity contribution in [3.8, 4) is 0 Å². The number of hydrogen-bond acceptors (Lipinski definition) is 4. The van der Waals surface area contributed by atoms with Gasteiger partial charge in [0, 0.05) is 0 Å². The summed E-state index contributed by atoms with van der Waals surface area (Å²) in [5, 5.41) is 5.03. The Labute approximate surface area is 105 Å². The van der Waals surface area contributed by atoms with Gasteiger partial charge in [-0.15, -0.1) is 0 Å². The van der Waals surface area contributed by atoms with E-state index in [0.29, 0.717) is 0 Å². The van der Waals surface area contributed by atoms with E-state index in [1.54, 1.807) is 6.07 Å². The third kappa shape index (κ3) is 3.65. The van der Waals surface area contributed by atoms with Crippen LogP contribution in [-0.2, 0) is 9.47 Å². The third-order valence-corrected chi connectivity index (χ3v) is 2.39. The Balaban J connectivity index is 2.93. The molecular weight excluding hydrogens is 236 g/mol. The molecule has 0 spiro atoms. The van der Waals surface area contributed by atoms with Crippen LogP contribution in [0.2, 0.25) is 0 Å². The fraction of sp³-hybridized carbons (Fsp3) is 0.333. The number of alkyl carbamates (subject to hydrolysis) is 2. The van der Waals surface area contributed by atoms with E-state index in [0.717, 1.165) is 11.1 Å². The molecule has 98 valence electrons. The Morgan fingerprint density at radius 2 is 1.56 bits per heavy atom. The number of carbonyl (C=O) groups is 2. The lowest BCUT2D eigenvalue weighted by Gasteiger charge is -2.20. The van der Waals surface area contributed by atoms with Gasteiger partial charge in [-0.25, -0.2) is 9.59 Å². The van der Waals surface area contributed by atoms with Gasteiger partial charge in [-0.1, -0.05) is 24.3 Å². The maximum absolute atomic E-state index is 11.3. The predicted octanol–water partition coefficient (Wildman–Crippen LogP) is 1.71. The minimum Gasteiger partial charge on any atom is -0.453 e. The highest BCUT2D eigenvalue weighted by Crippen LogP contribution is 2.15. The van der Waals surface area contributed by atoms with Crippen molar-refractivity contribution in [2.75, 3.05) is 14.2 Å². The monoisotopic (exact) mass is 252 g/mol. The van der Waals surface area contributed by atoms with E-state index in [-0.39, 0.29) is 0 Å². The van der Waals surface area contributed by atoms with E-state index in [2.05, 4.69) is 20.1 Å². The molecule has 1 aromatic carbocycles. The number of carbonyl (C=O) groups excluding carboxylic acids is 2. The summed E-state index contributed by atoms with van der Waals surface area (Å²) in [5.74, 6) is 0. The van der Waals surface area contributed by atoms with Crippen LogP contribution in [-0.4, -0.2) is 26.4 Å². The lowest BCUT2D eigenvalue weighted by molar-refractivity contribution is 0.153. The molecule has 0 radical (unpaired) electrons. The number of hydrogen-bond donors (Lipinski definition) is 2. The average molecular weight is 252 g/mol. The Hall–Kier alpha value is -2.24. The molecule has 0 heterocycles. The van der Waals surface area contributed by atoms with Gasteiger partial charge in [0.25, 0.3) is 0 Å². The molecule has 0 fully saturated rings. The molecule has 0 aliphatic rings. The number of ether oxygens (including phenoxy) is 2. The lowest BCUT2D eigenvalue weighted by Crippen LogP contribution is -2.41. The van der Waals surface area contributed by atoms with Gasteiger partial charge in [0.05, 0.1) is 14.2 Å². The zero-order valence-electron chi connectivity index (χ0n) is 10.5. The highest BCUT2D eigenvalue weighted by molar-refractivity contribution is 5.71. The molecule has 0 bridgehead atoms. The lowest BCUT2D eigenvalue weighted by atomic mass is 10.1. The van der Waals surface area contributed by atoms with Crippen LogP contribution in [0, 0.1) is 6.92 Å². The predicted molar refractivity (Wildman–Crippen MR) is 65.0 cm³/mol. The van der Waals surface area contributed by atoms with Crippen LogP contribution in [0.25, 0.3) is 0 Å². The van der Waals surface area contributed by atoms with Crippen LogP contribution in [0.15, 0.2) is 24.3 Å². The van der Waals surface area contributed by atoms with Crippen molar-refractivity contribution in [2.24, 2.45) is 0 Å². The molecule has 0 saturated carbocycles. The van der Waals surface area contributed by atoms with Crippen molar-refractivity contribution in [2.45, 2.75) is 13.1 Å². The zero-order chi connectivity index (χ0) is 13.5. The second-order valence-electron chi connectivity index (χ2n) is 3.56. The maximum atomic E-state index is 11.3. The normalized spacial score (nSPS) is 9.78. The molecular formula is C12H16N2O4. The van der Waals surface area contributed by atoms with E-state index < -0.39 is 18.4 Å². The van der Waals surface area contributed by atoms with Crippen LogP contribution in [0.5, 0.6) is 0 Å². The SMILES string of the molecule is COC(=O)NC(NC(=O)OC)c1ccccc1C. The first-order chi connectivity index (χ1) is 8.58. The summed E-state index contributed by atoms with van der Waals surface area (Å²) in [4.78, 5) is 22.5. The topological polar surface area (TPSA) is 76.7 Å². The van der Waals surface area contributed by atoms with Crippen LogP contribution < -0.4 is 10.6 Å². The standard InChI is InChI=1S/C12H16N2O4/c1-8-6-4-5-7-9(8)10(13-11(15)17-2)14-12(16)18-3/h4-7,10H,1-3H3,(H,13,15)(H,14,16). The van der Waals surface area contributed by atoms with Gasteiger partial charge in [0.2, 0.25) is 0 Å². The molecule has 18 heavy (non-hydrogen) atoms. The second-order valence-corrected chi connectivity index (χ2v) is 3.56. The molecule has 0 aliphatic heterocycles. The second kappa shape index (κ2) is 6.48. The molecule has 0 unspecified atom stereocenters. The average Bonchev–Trinajstić information content (AvgIpc) is 2.38. The van der Waals surface area contributed by atoms with Crippen molar-refractivity contribution in [3.05, 3.63) is 35.4 Å². The molecule has 0 aromatic heterocycles. The summed E-state index contributed by atoms with van der Waals surface area (Å²) in [6, 6.07) is 7.35. The minimum atomic E-state index is -0.703. The highest BCUT2D eigenvalue weighted by Gasteiger charge is 2.18. The summed E-state index contributed by atoms with van der Waals surface area (Å²) in [6.07, 6.45) is -1.98. The minimum absolute atomic E-state index is 0.639. The van der Waals surface area contributed by atoms with Gasteiger partial charge in [0.15, 0.2) is 0 Å². The highest BCUT2D eigenvalue weighted by atomic mass is 16.5. The largest absolute Gasteiger partial charge is 0.453 e. The fourth-order valence-corrected chi connectivity index (χ4v) is 1.46. The van der Waals surface area contributed by atoms with E-state index in [1.165, 1.54) is 14.2 Å². The number of methoxy groups -OCH3 is 2. The number of aryl methyl sites for hydroxylation is 1. The number of amides is 2. The van der Waals surface area contributed by atoms with Gasteiger partial charge in [0.1, 0.15) is 6.17 Å². The molecule has 1 rings (SSSR count). The van der Waals surface area contributed by atoms with Crippen LogP contribution in [0.3, 0.4) is 0 Å². The molecule has 0 aliphatic carbocycles. The number of rotatable bonds is 3. The summed E-state index contributed by atoms with van der Waals surface area (Å²) in [5.41, 5.74) is 1.68. The van der Waals surface area contributed by atoms with Gasteiger partial charge in [-0.05, 0) is 18.1 Å². The van der Waals surface area contributed by atoms with Crippen molar-refractivity contribution >= 4 is 12.2 Å². The summed E-state index contributed by atoms with van der Waals surface area (Å²) in [6.45, 7) is 1.88. The van der Waals surface area contributed by atoms with E-state index in [1.807, 2.05) is 25.1 Å². The Kier molecular flexibility index (Phi) is 4.98. The number of nitrogens with one attached hydrogen (secondary N) is 2. The smallest absolute Gasteiger partial charge is 0.408 e. The summed E-state index contributed by atoms with van der Waals surface area (Å²) >= 11 is 0.